The number of hydrogen-bond acceptors (Lipinski definition) is 5. The molecule has 0 aliphatic carbocycles. The van der Waals surface area contributed by atoms with Gasteiger partial charge in [-0.1, -0.05) is 0 Å². The van der Waals surface area contributed by atoms with Gasteiger partial charge in [-0.15, -0.1) is 0 Å². The largest absolute Gasteiger partial charge is 0.475 e. The molecule has 0 aliphatic heterocycles. The molecule has 0 amide bonds. The lowest BCUT2D eigenvalue weighted by atomic mass is 10.2. The predicted molar refractivity (Wildman–Crippen MR) is 67.1 cm³/mol. The SMILES string of the molecule is Cc1cc(C)nc(-c2nc(C(=O)O)[nH]c(=O)c2C)n1. The number of hydrogen-bond donors (Lipinski definition) is 2. The zero-order valence-electron chi connectivity index (χ0n) is 10.7. The van der Waals surface area contributed by atoms with Crippen molar-refractivity contribution in [2.45, 2.75) is 20.8 Å². The number of carboxylic acids is 1. The van der Waals surface area contributed by atoms with E-state index in [4.69, 9.17) is 5.11 Å². The summed E-state index contributed by atoms with van der Waals surface area (Å²) in [5.41, 5.74) is 1.41. The Labute approximate surface area is 108 Å². The summed E-state index contributed by atoms with van der Waals surface area (Å²) in [7, 11) is 0. The molecule has 2 rings (SSSR count). The topological polar surface area (TPSA) is 109 Å². The molecule has 0 fully saturated rings. The van der Waals surface area contributed by atoms with Crippen molar-refractivity contribution >= 4 is 5.97 Å². The van der Waals surface area contributed by atoms with Crippen LogP contribution in [0, 0.1) is 20.8 Å². The molecule has 0 radical (unpaired) electrons. The van der Waals surface area contributed by atoms with Gasteiger partial charge in [0.2, 0.25) is 5.82 Å². The minimum absolute atomic E-state index is 0.188. The van der Waals surface area contributed by atoms with E-state index in [0.29, 0.717) is 0 Å². The number of carboxylic acid groups (broad SMARTS) is 1. The molecule has 19 heavy (non-hydrogen) atoms. The fourth-order valence-electron chi connectivity index (χ4n) is 1.68. The van der Waals surface area contributed by atoms with Crippen molar-refractivity contribution in [1.29, 1.82) is 0 Å². The lowest BCUT2D eigenvalue weighted by Gasteiger charge is -2.06. The van der Waals surface area contributed by atoms with Crippen LogP contribution in [0.3, 0.4) is 0 Å². The molecule has 0 aliphatic rings. The van der Waals surface area contributed by atoms with E-state index in [-0.39, 0.29) is 17.1 Å². The molecular weight excluding hydrogens is 248 g/mol. The molecule has 2 heterocycles. The number of aromatic amines is 1. The van der Waals surface area contributed by atoms with Crippen molar-refractivity contribution in [2.24, 2.45) is 0 Å². The van der Waals surface area contributed by atoms with Gasteiger partial charge in [0.1, 0.15) is 5.69 Å². The Morgan fingerprint density at radius 2 is 1.74 bits per heavy atom. The van der Waals surface area contributed by atoms with Crippen LogP contribution in [0.2, 0.25) is 0 Å². The summed E-state index contributed by atoms with van der Waals surface area (Å²) < 4.78 is 0. The van der Waals surface area contributed by atoms with Crippen LogP contribution in [0.5, 0.6) is 0 Å². The number of nitrogens with one attached hydrogen (secondary N) is 1. The minimum atomic E-state index is -1.30. The van der Waals surface area contributed by atoms with E-state index >= 15 is 0 Å². The van der Waals surface area contributed by atoms with Gasteiger partial charge >= 0.3 is 5.97 Å². The first-order chi connectivity index (χ1) is 8.88. The highest BCUT2D eigenvalue weighted by Crippen LogP contribution is 2.15. The summed E-state index contributed by atoms with van der Waals surface area (Å²) in [5.74, 6) is -1.47. The molecule has 0 saturated carbocycles. The zero-order valence-corrected chi connectivity index (χ0v) is 10.7. The number of nitrogens with zero attached hydrogens (tertiary/aromatic N) is 3. The highest BCUT2D eigenvalue weighted by molar-refractivity contribution is 5.83. The van der Waals surface area contributed by atoms with Gasteiger partial charge in [-0.3, -0.25) is 4.79 Å². The van der Waals surface area contributed by atoms with Crippen molar-refractivity contribution in [3.8, 4) is 11.5 Å². The van der Waals surface area contributed by atoms with Gasteiger partial charge < -0.3 is 10.1 Å². The number of H-pyrrole nitrogens is 1. The van der Waals surface area contributed by atoms with Crippen LogP contribution >= 0.6 is 0 Å². The summed E-state index contributed by atoms with van der Waals surface area (Å²) in [6, 6.07) is 1.78. The average Bonchev–Trinajstić information content (AvgIpc) is 2.30. The first-order valence-corrected chi connectivity index (χ1v) is 5.55. The van der Waals surface area contributed by atoms with Gasteiger partial charge in [0.25, 0.3) is 5.56 Å². The number of aromatic carboxylic acids is 1. The number of carbonyl (C=O) groups is 1. The fourth-order valence-corrected chi connectivity index (χ4v) is 1.68. The number of aryl methyl sites for hydroxylation is 2. The minimum Gasteiger partial charge on any atom is -0.475 e. The zero-order chi connectivity index (χ0) is 14.2. The molecule has 98 valence electrons. The van der Waals surface area contributed by atoms with Crippen LogP contribution < -0.4 is 5.56 Å². The maximum absolute atomic E-state index is 11.7. The van der Waals surface area contributed by atoms with Gasteiger partial charge in [-0.05, 0) is 26.8 Å². The highest BCUT2D eigenvalue weighted by atomic mass is 16.4. The first-order valence-electron chi connectivity index (χ1n) is 5.55. The summed E-state index contributed by atoms with van der Waals surface area (Å²) in [5, 5.41) is 8.91. The van der Waals surface area contributed by atoms with Crippen LogP contribution in [0.15, 0.2) is 10.9 Å². The summed E-state index contributed by atoms with van der Waals surface area (Å²) in [6.45, 7) is 5.13. The normalized spacial score (nSPS) is 10.5. The highest BCUT2D eigenvalue weighted by Gasteiger charge is 2.16. The molecular formula is C12H12N4O3. The molecule has 0 spiro atoms. The van der Waals surface area contributed by atoms with Crippen LogP contribution in [0.25, 0.3) is 11.5 Å². The molecule has 0 unspecified atom stereocenters. The van der Waals surface area contributed by atoms with Crippen LogP contribution in [-0.2, 0) is 0 Å². The number of rotatable bonds is 2. The molecule has 2 N–H and O–H groups in total. The molecule has 0 atom stereocenters. The Morgan fingerprint density at radius 1 is 1.16 bits per heavy atom. The Morgan fingerprint density at radius 3 is 2.26 bits per heavy atom. The Hall–Kier alpha value is -2.57. The third-order valence-electron chi connectivity index (χ3n) is 2.55. The van der Waals surface area contributed by atoms with Gasteiger partial charge in [0, 0.05) is 17.0 Å². The third kappa shape index (κ3) is 2.49. The average molecular weight is 260 g/mol. The summed E-state index contributed by atoms with van der Waals surface area (Å²) >= 11 is 0. The second-order valence-corrected chi connectivity index (χ2v) is 4.17. The molecule has 7 nitrogen and oxygen atoms in total. The monoisotopic (exact) mass is 260 g/mol. The molecule has 0 bridgehead atoms. The number of aromatic nitrogens is 4. The van der Waals surface area contributed by atoms with E-state index in [9.17, 15) is 9.59 Å². The Bertz CT molecular complexity index is 701. The third-order valence-corrected chi connectivity index (χ3v) is 2.55. The van der Waals surface area contributed by atoms with E-state index in [0.717, 1.165) is 11.4 Å². The summed E-state index contributed by atoms with van der Waals surface area (Å²) in [6.07, 6.45) is 0. The lowest BCUT2D eigenvalue weighted by molar-refractivity contribution is 0.0683. The fraction of sp³-hybridized carbons (Fsp3) is 0.250. The second kappa shape index (κ2) is 4.60. The standard InChI is InChI=1S/C12H12N4O3/c1-5-4-6(2)14-9(13-5)8-7(3)11(17)16-10(15-8)12(18)19/h4H,1-3H3,(H,18,19)(H,15,16,17). The van der Waals surface area contributed by atoms with E-state index in [1.807, 2.05) is 0 Å². The molecule has 0 aromatic carbocycles. The predicted octanol–water partition coefficient (Wildman–Crippen LogP) is 0.850. The van der Waals surface area contributed by atoms with Crippen LogP contribution in [0.4, 0.5) is 0 Å². The van der Waals surface area contributed by atoms with Crippen molar-refractivity contribution in [2.75, 3.05) is 0 Å². The molecule has 0 saturated heterocycles. The van der Waals surface area contributed by atoms with Crippen molar-refractivity contribution in [3.05, 3.63) is 39.2 Å². The molecule has 7 heteroatoms. The maximum atomic E-state index is 11.7. The van der Waals surface area contributed by atoms with Crippen LogP contribution in [0.1, 0.15) is 27.6 Å². The Kier molecular flexibility index (Phi) is 3.12. The van der Waals surface area contributed by atoms with Crippen molar-refractivity contribution in [1.82, 2.24) is 19.9 Å². The van der Waals surface area contributed by atoms with Gasteiger partial charge in [0.15, 0.2) is 5.82 Å². The second-order valence-electron chi connectivity index (χ2n) is 4.17. The van der Waals surface area contributed by atoms with E-state index in [1.165, 1.54) is 0 Å². The smallest absolute Gasteiger partial charge is 0.372 e. The van der Waals surface area contributed by atoms with E-state index < -0.39 is 17.4 Å². The Balaban J connectivity index is 2.74. The van der Waals surface area contributed by atoms with Crippen LogP contribution in [-0.4, -0.2) is 31.0 Å². The van der Waals surface area contributed by atoms with Crippen molar-refractivity contribution in [3.63, 3.8) is 0 Å². The molecule has 2 aromatic rings. The van der Waals surface area contributed by atoms with Crippen molar-refractivity contribution < 1.29 is 9.90 Å². The lowest BCUT2D eigenvalue weighted by Crippen LogP contribution is -2.19. The summed E-state index contributed by atoms with van der Waals surface area (Å²) in [4.78, 5) is 37.1. The van der Waals surface area contributed by atoms with E-state index in [2.05, 4.69) is 19.9 Å². The first kappa shape index (κ1) is 12.9. The maximum Gasteiger partial charge on any atom is 0.372 e. The van der Waals surface area contributed by atoms with Gasteiger partial charge in [-0.25, -0.2) is 19.7 Å². The quantitative estimate of drug-likeness (QED) is 0.828. The van der Waals surface area contributed by atoms with Gasteiger partial charge in [-0.2, -0.15) is 0 Å². The van der Waals surface area contributed by atoms with Gasteiger partial charge in [0.05, 0.1) is 0 Å². The molecule has 2 aromatic heterocycles. The van der Waals surface area contributed by atoms with E-state index in [1.54, 1.807) is 26.8 Å².